The second-order valence-corrected chi connectivity index (χ2v) is 7.36. The molecule has 1 rings (SSSR count). The minimum Gasteiger partial charge on any atom is -0.496 e. The molecule has 170 valence electrons. The third-order valence-electron chi connectivity index (χ3n) is 4.57. The fourth-order valence-corrected chi connectivity index (χ4v) is 3.66. The van der Waals surface area contributed by atoms with E-state index in [-0.39, 0.29) is 18.2 Å². The van der Waals surface area contributed by atoms with Gasteiger partial charge in [-0.2, -0.15) is 0 Å². The van der Waals surface area contributed by atoms with Crippen molar-refractivity contribution in [1.29, 1.82) is 0 Å². The minimum absolute atomic E-state index is 0.188. The number of nitrogens with zero attached hydrogens (tertiary/aromatic N) is 1. The van der Waals surface area contributed by atoms with E-state index in [2.05, 4.69) is 17.1 Å². The van der Waals surface area contributed by atoms with Crippen LogP contribution in [0.1, 0.15) is 32.3 Å². The van der Waals surface area contributed by atoms with Crippen LogP contribution < -0.4 is 15.5 Å². The number of carbonyl (C=O) groups excluding carboxylic acids is 2. The van der Waals surface area contributed by atoms with Crippen LogP contribution >= 0.6 is 11.8 Å². The molecule has 1 aromatic carbocycles. The Morgan fingerprint density at radius 2 is 2.03 bits per heavy atom. The summed E-state index contributed by atoms with van der Waals surface area (Å²) in [5.74, 6) is 0.165. The van der Waals surface area contributed by atoms with E-state index in [9.17, 15) is 9.59 Å². The van der Waals surface area contributed by atoms with E-state index in [1.165, 1.54) is 6.08 Å². The van der Waals surface area contributed by atoms with E-state index in [0.29, 0.717) is 19.5 Å². The van der Waals surface area contributed by atoms with Gasteiger partial charge in [-0.25, -0.2) is 5.48 Å². The first-order valence-corrected chi connectivity index (χ1v) is 11.4. The Labute approximate surface area is 189 Å². The molecule has 0 aliphatic rings. The number of likely N-dealkylation sites (N-methyl/N-ethyl adjacent to an activating group) is 1. The van der Waals surface area contributed by atoms with Crippen LogP contribution in [0, 0.1) is 0 Å². The van der Waals surface area contributed by atoms with Gasteiger partial charge in [0.05, 0.1) is 7.11 Å². The monoisotopic (exact) mass is 447 g/mol. The van der Waals surface area contributed by atoms with Crippen LogP contribution in [0.15, 0.2) is 59.2 Å². The fourth-order valence-electron chi connectivity index (χ4n) is 2.99. The van der Waals surface area contributed by atoms with Crippen LogP contribution in [-0.4, -0.2) is 48.4 Å². The van der Waals surface area contributed by atoms with Gasteiger partial charge in [-0.1, -0.05) is 30.4 Å². The van der Waals surface area contributed by atoms with E-state index in [1.54, 1.807) is 30.4 Å². The zero-order chi connectivity index (χ0) is 23.1. The highest BCUT2D eigenvalue weighted by atomic mass is 32.2. The highest BCUT2D eigenvalue weighted by Gasteiger charge is 2.12. The van der Waals surface area contributed by atoms with Crippen molar-refractivity contribution in [2.45, 2.75) is 33.2 Å². The lowest BCUT2D eigenvalue weighted by Gasteiger charge is -2.27. The summed E-state index contributed by atoms with van der Waals surface area (Å²) in [4.78, 5) is 26.6. The molecule has 8 heteroatoms. The molecular formula is C23H33N3O4S. The summed E-state index contributed by atoms with van der Waals surface area (Å²) in [7, 11) is 1.61. The Morgan fingerprint density at radius 1 is 1.29 bits per heavy atom. The number of para-hydroxylation sites is 1. The van der Waals surface area contributed by atoms with Crippen LogP contribution in [0.25, 0.3) is 0 Å². The SMILES string of the molecule is C\C=C(/C(=C\C=C\C(=O)NCc1ccccc1OC)SC)N(CC)CCCC(=O)NO. The maximum Gasteiger partial charge on any atom is 0.244 e. The molecule has 3 N–H and O–H groups in total. The van der Waals surface area contributed by atoms with Crippen LogP contribution in [0.2, 0.25) is 0 Å². The number of rotatable bonds is 13. The van der Waals surface area contributed by atoms with Gasteiger partial charge in [-0.3, -0.25) is 14.8 Å². The van der Waals surface area contributed by atoms with Crippen molar-refractivity contribution in [1.82, 2.24) is 15.7 Å². The molecule has 0 spiro atoms. The number of ether oxygens (including phenoxy) is 1. The number of allylic oxidation sites excluding steroid dienone is 3. The maximum absolute atomic E-state index is 12.2. The molecule has 2 amide bonds. The molecule has 0 heterocycles. The molecule has 0 aliphatic carbocycles. The average molecular weight is 448 g/mol. The lowest BCUT2D eigenvalue weighted by Crippen LogP contribution is -2.26. The summed E-state index contributed by atoms with van der Waals surface area (Å²) < 4.78 is 5.30. The van der Waals surface area contributed by atoms with Crippen molar-refractivity contribution < 1.29 is 19.5 Å². The molecule has 1 aromatic rings. The van der Waals surface area contributed by atoms with Crippen molar-refractivity contribution in [3.8, 4) is 5.75 Å². The first-order chi connectivity index (χ1) is 15.0. The molecule has 7 nitrogen and oxygen atoms in total. The molecule has 31 heavy (non-hydrogen) atoms. The number of nitrogens with one attached hydrogen (secondary N) is 2. The lowest BCUT2D eigenvalue weighted by molar-refractivity contribution is -0.129. The van der Waals surface area contributed by atoms with Gasteiger partial charge in [-0.05, 0) is 38.7 Å². The molecule has 0 aliphatic heterocycles. The molecule has 0 radical (unpaired) electrons. The Hall–Kier alpha value is -2.71. The number of benzene rings is 1. The molecule has 0 bridgehead atoms. The smallest absolute Gasteiger partial charge is 0.244 e. The van der Waals surface area contributed by atoms with E-state index >= 15 is 0 Å². The maximum atomic E-state index is 12.2. The number of methoxy groups -OCH3 is 1. The fraction of sp³-hybridized carbons (Fsp3) is 0.391. The van der Waals surface area contributed by atoms with Crippen LogP contribution in [0.4, 0.5) is 0 Å². The Kier molecular flexibility index (Phi) is 12.9. The van der Waals surface area contributed by atoms with Gasteiger partial charge >= 0.3 is 0 Å². The Bertz CT molecular complexity index is 806. The summed E-state index contributed by atoms with van der Waals surface area (Å²) in [6, 6.07) is 7.57. The third-order valence-corrected chi connectivity index (χ3v) is 5.35. The number of hydrogen-bond acceptors (Lipinski definition) is 6. The van der Waals surface area contributed by atoms with Crippen molar-refractivity contribution in [2.75, 3.05) is 26.5 Å². The van der Waals surface area contributed by atoms with Gasteiger partial charge in [0.15, 0.2) is 0 Å². The van der Waals surface area contributed by atoms with Crippen molar-refractivity contribution >= 4 is 23.6 Å². The normalized spacial score (nSPS) is 12.0. The van der Waals surface area contributed by atoms with Gasteiger partial charge in [-0.15, -0.1) is 11.8 Å². The van der Waals surface area contributed by atoms with Gasteiger partial charge in [0.2, 0.25) is 11.8 Å². The molecule has 0 saturated carbocycles. The second kappa shape index (κ2) is 15.1. The quantitative estimate of drug-likeness (QED) is 0.185. The van der Waals surface area contributed by atoms with E-state index in [0.717, 1.165) is 28.5 Å². The van der Waals surface area contributed by atoms with Gasteiger partial charge < -0.3 is 15.0 Å². The summed E-state index contributed by atoms with van der Waals surface area (Å²) in [6.07, 6.45) is 10.0. The van der Waals surface area contributed by atoms with Crippen molar-refractivity contribution in [3.05, 3.63) is 64.7 Å². The zero-order valence-electron chi connectivity index (χ0n) is 18.7. The largest absolute Gasteiger partial charge is 0.496 e. The minimum atomic E-state index is -0.388. The van der Waals surface area contributed by atoms with Gasteiger partial charge in [0, 0.05) is 48.3 Å². The highest BCUT2D eigenvalue weighted by molar-refractivity contribution is 8.02. The molecule has 0 aromatic heterocycles. The van der Waals surface area contributed by atoms with Gasteiger partial charge in [0.25, 0.3) is 0 Å². The predicted molar refractivity (Wildman–Crippen MR) is 126 cm³/mol. The number of thioether (sulfide) groups is 1. The van der Waals surface area contributed by atoms with Crippen LogP contribution in [0.5, 0.6) is 5.75 Å². The van der Waals surface area contributed by atoms with Crippen molar-refractivity contribution in [3.63, 3.8) is 0 Å². The van der Waals surface area contributed by atoms with E-state index < -0.39 is 0 Å². The van der Waals surface area contributed by atoms with E-state index in [1.807, 2.05) is 49.6 Å². The first kappa shape index (κ1) is 26.3. The standard InChI is InChI=1S/C23H33N3O4S/c1-5-19(26(6-2)16-10-15-23(28)25-29)21(31-4)13-9-14-22(27)24-17-18-11-7-8-12-20(18)30-3/h5,7-9,11-14,29H,6,10,15-17H2,1-4H3,(H,24,27)(H,25,28)/b14-9+,19-5+,21-13+. The average Bonchev–Trinajstić information content (AvgIpc) is 2.80. The summed E-state index contributed by atoms with van der Waals surface area (Å²) in [5.41, 5.74) is 3.61. The van der Waals surface area contributed by atoms with E-state index in [4.69, 9.17) is 9.94 Å². The molecular weight excluding hydrogens is 414 g/mol. The summed E-state index contributed by atoms with van der Waals surface area (Å²) in [6.45, 7) is 5.87. The van der Waals surface area contributed by atoms with Crippen LogP contribution in [0.3, 0.4) is 0 Å². The Balaban J connectivity index is 2.72. The topological polar surface area (TPSA) is 90.9 Å². The van der Waals surface area contributed by atoms with Crippen molar-refractivity contribution in [2.24, 2.45) is 0 Å². The van der Waals surface area contributed by atoms with Crippen LogP contribution in [-0.2, 0) is 16.1 Å². The second-order valence-electron chi connectivity index (χ2n) is 6.52. The van der Waals surface area contributed by atoms with Gasteiger partial charge in [0.1, 0.15) is 5.75 Å². The Morgan fingerprint density at radius 3 is 2.65 bits per heavy atom. The molecule has 0 fully saturated rings. The lowest BCUT2D eigenvalue weighted by atomic mass is 10.2. The summed E-state index contributed by atoms with van der Waals surface area (Å²) in [5, 5.41) is 11.5. The third kappa shape index (κ3) is 9.31. The number of carbonyl (C=O) groups is 2. The summed E-state index contributed by atoms with van der Waals surface area (Å²) >= 11 is 1.59. The first-order valence-electron chi connectivity index (χ1n) is 10.2. The zero-order valence-corrected chi connectivity index (χ0v) is 19.5. The number of amides is 2. The number of hydroxylamine groups is 1. The number of hydrogen-bond donors (Lipinski definition) is 3. The molecule has 0 unspecified atom stereocenters. The highest BCUT2D eigenvalue weighted by Crippen LogP contribution is 2.25. The molecule has 0 atom stereocenters. The molecule has 0 saturated heterocycles. The predicted octanol–water partition coefficient (Wildman–Crippen LogP) is 3.63.